The monoisotopic (exact) mass is 574 g/mol. The van der Waals surface area contributed by atoms with E-state index in [-0.39, 0.29) is 17.4 Å². The number of anilines is 2. The molecule has 180 valence electrons. The molecule has 11 heteroatoms. The average Bonchev–Trinajstić information content (AvgIpc) is 3.27. The van der Waals surface area contributed by atoms with Gasteiger partial charge in [-0.2, -0.15) is 0 Å². The minimum absolute atomic E-state index is 0.0626. The molecule has 8 nitrogen and oxygen atoms in total. The Hall–Kier alpha value is -3.41. The van der Waals surface area contributed by atoms with Gasteiger partial charge in [0.25, 0.3) is 15.9 Å². The van der Waals surface area contributed by atoms with E-state index in [0.717, 1.165) is 14.6 Å². The van der Waals surface area contributed by atoms with Crippen molar-refractivity contribution in [3.8, 4) is 5.75 Å². The Kier molecular flexibility index (Phi) is 7.39. The van der Waals surface area contributed by atoms with Crippen molar-refractivity contribution in [3.05, 3.63) is 82.1 Å². The Labute approximate surface area is 214 Å². The molecule has 4 rings (SSSR count). The van der Waals surface area contributed by atoms with Gasteiger partial charge in [0.1, 0.15) is 10.6 Å². The van der Waals surface area contributed by atoms with E-state index in [2.05, 4.69) is 26.0 Å². The summed E-state index contributed by atoms with van der Waals surface area (Å²) in [6.45, 7) is -0.266. The minimum Gasteiger partial charge on any atom is -0.484 e. The van der Waals surface area contributed by atoms with Gasteiger partial charge in [0, 0.05) is 20.5 Å². The topological polar surface area (TPSA) is 111 Å². The zero-order valence-electron chi connectivity index (χ0n) is 18.3. The van der Waals surface area contributed by atoms with Crippen molar-refractivity contribution in [2.45, 2.75) is 4.90 Å². The van der Waals surface area contributed by atoms with Crippen LogP contribution >= 0.6 is 27.3 Å². The highest BCUT2D eigenvalue weighted by atomic mass is 79.9. The summed E-state index contributed by atoms with van der Waals surface area (Å²) < 4.78 is 39.6. The molecule has 4 aromatic rings. The van der Waals surface area contributed by atoms with Crippen molar-refractivity contribution < 1.29 is 27.5 Å². The fourth-order valence-corrected chi connectivity index (χ4v) is 5.40. The lowest BCUT2D eigenvalue weighted by Crippen LogP contribution is -2.20. The van der Waals surface area contributed by atoms with Crippen LogP contribution in [-0.4, -0.2) is 34.0 Å². The highest BCUT2D eigenvalue weighted by Crippen LogP contribution is 2.28. The third-order valence-corrected chi connectivity index (χ3v) is 7.81. The van der Waals surface area contributed by atoms with E-state index in [0.29, 0.717) is 22.0 Å². The molecule has 0 unspecified atom stereocenters. The molecule has 0 bridgehead atoms. The molecule has 0 atom stereocenters. The molecule has 1 aromatic heterocycles. The third-order valence-electron chi connectivity index (χ3n) is 4.79. The van der Waals surface area contributed by atoms with Crippen LogP contribution in [0.15, 0.2) is 82.2 Å². The molecule has 0 aliphatic rings. The number of sulfonamides is 1. The van der Waals surface area contributed by atoms with Crippen molar-refractivity contribution in [2.24, 2.45) is 0 Å². The smallest absolute Gasteiger partial charge is 0.348 e. The Bertz CT molecular complexity index is 1480. The highest BCUT2D eigenvalue weighted by molar-refractivity contribution is 9.10. The van der Waals surface area contributed by atoms with Gasteiger partial charge in [-0.1, -0.05) is 15.9 Å². The molecular formula is C24H19BrN2O6S2. The maximum atomic E-state index is 12.6. The van der Waals surface area contributed by atoms with Crippen molar-refractivity contribution in [2.75, 3.05) is 23.8 Å². The first-order chi connectivity index (χ1) is 16.7. The Morgan fingerprint density at radius 1 is 0.943 bits per heavy atom. The summed E-state index contributed by atoms with van der Waals surface area (Å²) in [6.07, 6.45) is 0. The van der Waals surface area contributed by atoms with E-state index >= 15 is 0 Å². The normalized spacial score (nSPS) is 11.1. The maximum Gasteiger partial charge on any atom is 0.348 e. The number of fused-ring (bicyclic) bond motifs is 1. The molecule has 0 aliphatic heterocycles. The molecule has 0 saturated heterocycles. The number of amides is 1. The largest absolute Gasteiger partial charge is 0.484 e. The molecule has 0 spiro atoms. The molecule has 2 N–H and O–H groups in total. The van der Waals surface area contributed by atoms with Crippen molar-refractivity contribution in [1.29, 1.82) is 0 Å². The number of ether oxygens (including phenoxy) is 2. The second-order valence-corrected chi connectivity index (χ2v) is 11.0. The van der Waals surface area contributed by atoms with Crippen LogP contribution in [-0.2, 0) is 19.6 Å². The van der Waals surface area contributed by atoms with Gasteiger partial charge in [-0.3, -0.25) is 9.52 Å². The van der Waals surface area contributed by atoms with E-state index in [1.165, 1.54) is 42.7 Å². The molecule has 0 fully saturated rings. The lowest BCUT2D eigenvalue weighted by atomic mass is 10.2. The second kappa shape index (κ2) is 10.5. The number of thiophene rings is 1. The van der Waals surface area contributed by atoms with Crippen LogP contribution < -0.4 is 14.8 Å². The number of nitrogens with one attached hydrogen (secondary N) is 2. The molecule has 35 heavy (non-hydrogen) atoms. The lowest BCUT2D eigenvalue weighted by Gasteiger charge is -2.10. The summed E-state index contributed by atoms with van der Waals surface area (Å²) in [6, 6.07) is 19.5. The fourth-order valence-electron chi connectivity index (χ4n) is 3.12. The summed E-state index contributed by atoms with van der Waals surface area (Å²) >= 11 is 4.61. The SMILES string of the molecule is COC(=O)c1cc2cc(NC(=O)COc3ccc(S(=O)(=O)Nc4ccc(Br)cc4)cc3)ccc2s1. The zero-order chi connectivity index (χ0) is 25.0. The van der Waals surface area contributed by atoms with E-state index < -0.39 is 16.0 Å². The van der Waals surface area contributed by atoms with Crippen LogP contribution in [0.4, 0.5) is 11.4 Å². The van der Waals surface area contributed by atoms with E-state index in [9.17, 15) is 18.0 Å². The zero-order valence-corrected chi connectivity index (χ0v) is 21.5. The summed E-state index contributed by atoms with van der Waals surface area (Å²) in [4.78, 5) is 24.6. The number of hydrogen-bond donors (Lipinski definition) is 2. The number of methoxy groups -OCH3 is 1. The van der Waals surface area contributed by atoms with Crippen LogP contribution in [0.25, 0.3) is 10.1 Å². The average molecular weight is 575 g/mol. The molecule has 0 saturated carbocycles. The number of hydrogen-bond acceptors (Lipinski definition) is 7. The highest BCUT2D eigenvalue weighted by Gasteiger charge is 2.15. The first-order valence-electron chi connectivity index (χ1n) is 10.2. The van der Waals surface area contributed by atoms with Crippen LogP contribution in [0.1, 0.15) is 9.67 Å². The standard InChI is InChI=1S/C24H19BrN2O6S2/c1-32-24(29)22-13-15-12-18(6-11-21(15)34-22)26-23(28)14-33-19-7-9-20(10-8-19)35(30,31)27-17-4-2-16(25)3-5-17/h2-13,27H,14H2,1H3,(H,26,28). The summed E-state index contributed by atoms with van der Waals surface area (Å²) in [7, 11) is -2.44. The number of halogens is 1. The van der Waals surface area contributed by atoms with Crippen molar-refractivity contribution in [1.82, 2.24) is 0 Å². The Balaban J connectivity index is 1.34. The maximum absolute atomic E-state index is 12.6. The number of carbonyl (C=O) groups excluding carboxylic acids is 2. The quantitative estimate of drug-likeness (QED) is 0.277. The van der Waals surface area contributed by atoms with Gasteiger partial charge in [-0.25, -0.2) is 13.2 Å². The van der Waals surface area contributed by atoms with E-state index in [1.807, 2.05) is 6.07 Å². The lowest BCUT2D eigenvalue weighted by molar-refractivity contribution is -0.118. The van der Waals surface area contributed by atoms with Crippen LogP contribution in [0.2, 0.25) is 0 Å². The van der Waals surface area contributed by atoms with Crippen LogP contribution in [0.5, 0.6) is 5.75 Å². The first-order valence-corrected chi connectivity index (χ1v) is 13.3. The number of esters is 1. The molecule has 3 aromatic carbocycles. The Morgan fingerprint density at radius 3 is 2.31 bits per heavy atom. The van der Waals surface area contributed by atoms with E-state index in [4.69, 9.17) is 9.47 Å². The number of benzene rings is 3. The van der Waals surface area contributed by atoms with Crippen LogP contribution in [0, 0.1) is 0 Å². The van der Waals surface area contributed by atoms with Crippen molar-refractivity contribution in [3.63, 3.8) is 0 Å². The van der Waals surface area contributed by atoms with Gasteiger partial charge in [0.2, 0.25) is 0 Å². The second-order valence-electron chi connectivity index (χ2n) is 7.28. The predicted molar refractivity (Wildman–Crippen MR) is 139 cm³/mol. The predicted octanol–water partition coefficient (Wildman–Crippen LogP) is 5.27. The summed E-state index contributed by atoms with van der Waals surface area (Å²) in [5.74, 6) is -0.451. The summed E-state index contributed by atoms with van der Waals surface area (Å²) in [5, 5.41) is 3.55. The van der Waals surface area contributed by atoms with Gasteiger partial charge in [0.15, 0.2) is 6.61 Å². The van der Waals surface area contributed by atoms with Gasteiger partial charge >= 0.3 is 5.97 Å². The number of carbonyl (C=O) groups is 2. The first kappa shape index (κ1) is 24.7. The van der Waals surface area contributed by atoms with Crippen LogP contribution in [0.3, 0.4) is 0 Å². The molecule has 0 radical (unpaired) electrons. The van der Waals surface area contributed by atoms with Gasteiger partial charge in [0.05, 0.1) is 12.0 Å². The third kappa shape index (κ3) is 6.18. The fraction of sp³-hybridized carbons (Fsp3) is 0.0833. The van der Waals surface area contributed by atoms with Crippen molar-refractivity contribution >= 4 is 70.6 Å². The Morgan fingerprint density at radius 2 is 1.63 bits per heavy atom. The van der Waals surface area contributed by atoms with Gasteiger partial charge < -0.3 is 14.8 Å². The van der Waals surface area contributed by atoms with E-state index in [1.54, 1.807) is 42.5 Å². The van der Waals surface area contributed by atoms with Gasteiger partial charge in [-0.05, 0) is 78.2 Å². The molecule has 0 aliphatic carbocycles. The molecule has 1 amide bonds. The molecule has 1 heterocycles. The van der Waals surface area contributed by atoms with Gasteiger partial charge in [-0.15, -0.1) is 11.3 Å². The molecular weight excluding hydrogens is 556 g/mol. The summed E-state index contributed by atoms with van der Waals surface area (Å²) in [5.41, 5.74) is 0.994. The minimum atomic E-state index is -3.77. The number of rotatable bonds is 8.